The molecule has 11 heteroatoms. The third-order valence-corrected chi connectivity index (χ3v) is 5.01. The zero-order valence-corrected chi connectivity index (χ0v) is 17.4. The van der Waals surface area contributed by atoms with E-state index in [4.69, 9.17) is 0 Å². The Bertz CT molecular complexity index is 1110. The minimum absolute atomic E-state index is 0.0318. The molecule has 3 heterocycles. The number of aryl methyl sites for hydroxylation is 2. The topological polar surface area (TPSA) is 88.0 Å². The molecule has 0 saturated carbocycles. The van der Waals surface area contributed by atoms with Crippen molar-refractivity contribution in [2.75, 3.05) is 25.0 Å². The quantitative estimate of drug-likeness (QED) is 0.577. The molecular weight excluding hydrogens is 423 g/mol. The van der Waals surface area contributed by atoms with E-state index in [2.05, 4.69) is 25.7 Å². The Morgan fingerprint density at radius 2 is 2.03 bits per heavy atom. The molecule has 1 aliphatic heterocycles. The molecule has 0 unspecified atom stereocenters. The zero-order valence-electron chi connectivity index (χ0n) is 17.4. The first kappa shape index (κ1) is 21.6. The van der Waals surface area contributed by atoms with Crippen molar-refractivity contribution in [3.8, 4) is 11.1 Å². The van der Waals surface area contributed by atoms with Crippen LogP contribution < -0.4 is 10.6 Å². The molecule has 2 N–H and O–H groups in total. The summed E-state index contributed by atoms with van der Waals surface area (Å²) in [5.74, 6) is -0.127. The lowest BCUT2D eigenvalue weighted by Crippen LogP contribution is -2.29. The second-order valence-corrected chi connectivity index (χ2v) is 7.54. The summed E-state index contributed by atoms with van der Waals surface area (Å²) in [7, 11) is 0. The Labute approximate surface area is 182 Å². The number of anilines is 2. The fourth-order valence-electron chi connectivity index (χ4n) is 3.51. The molecule has 8 nitrogen and oxygen atoms in total. The van der Waals surface area contributed by atoms with Crippen LogP contribution in [0.1, 0.15) is 17.7 Å². The van der Waals surface area contributed by atoms with Crippen LogP contribution in [0.15, 0.2) is 42.9 Å². The average Bonchev–Trinajstić information content (AvgIpc) is 3.37. The van der Waals surface area contributed by atoms with Crippen LogP contribution in [0.2, 0.25) is 0 Å². The highest BCUT2D eigenvalue weighted by molar-refractivity contribution is 5.76. The van der Waals surface area contributed by atoms with Crippen LogP contribution in [0, 0.1) is 6.92 Å². The van der Waals surface area contributed by atoms with E-state index in [1.165, 1.54) is 0 Å². The monoisotopic (exact) mass is 445 g/mol. The number of aromatic nitrogens is 4. The van der Waals surface area contributed by atoms with E-state index in [0.717, 1.165) is 41.9 Å². The van der Waals surface area contributed by atoms with Gasteiger partial charge in [0.1, 0.15) is 5.69 Å². The predicted molar refractivity (Wildman–Crippen MR) is 112 cm³/mol. The molecule has 168 valence electrons. The molecular formula is C21H22F3N7O. The third-order valence-electron chi connectivity index (χ3n) is 5.01. The largest absolute Gasteiger partial charge is 0.433 e. The Morgan fingerprint density at radius 1 is 1.19 bits per heavy atom. The van der Waals surface area contributed by atoms with E-state index in [1.807, 2.05) is 29.9 Å². The van der Waals surface area contributed by atoms with Crippen molar-refractivity contribution in [2.24, 2.45) is 0 Å². The van der Waals surface area contributed by atoms with Gasteiger partial charge in [0, 0.05) is 49.8 Å². The second-order valence-electron chi connectivity index (χ2n) is 7.54. The molecule has 32 heavy (non-hydrogen) atoms. The van der Waals surface area contributed by atoms with Gasteiger partial charge in [0.05, 0.1) is 6.20 Å². The molecule has 2 amide bonds. The van der Waals surface area contributed by atoms with Crippen molar-refractivity contribution in [2.45, 2.75) is 26.1 Å². The molecule has 2 aromatic heterocycles. The van der Waals surface area contributed by atoms with Gasteiger partial charge in [0.25, 0.3) is 0 Å². The number of halogens is 3. The molecule has 0 bridgehead atoms. The van der Waals surface area contributed by atoms with Crippen molar-refractivity contribution in [3.63, 3.8) is 0 Å². The molecule has 3 aromatic rings. The van der Waals surface area contributed by atoms with Crippen molar-refractivity contribution < 1.29 is 18.0 Å². The summed E-state index contributed by atoms with van der Waals surface area (Å²) in [6.45, 7) is 4.63. The smallest absolute Gasteiger partial charge is 0.336 e. The molecule has 1 saturated heterocycles. The number of hydrogen-bond acceptors (Lipinski definition) is 5. The van der Waals surface area contributed by atoms with Crippen molar-refractivity contribution >= 4 is 17.7 Å². The fraction of sp³-hybridized carbons (Fsp3) is 0.333. The number of nitrogens with zero attached hydrogens (tertiary/aromatic N) is 5. The van der Waals surface area contributed by atoms with Crippen molar-refractivity contribution in [1.82, 2.24) is 30.0 Å². The van der Waals surface area contributed by atoms with Crippen molar-refractivity contribution in [3.05, 3.63) is 54.1 Å². The summed E-state index contributed by atoms with van der Waals surface area (Å²) in [5.41, 5.74) is 2.23. The van der Waals surface area contributed by atoms with Crippen LogP contribution in [0.3, 0.4) is 0 Å². The highest BCUT2D eigenvalue weighted by atomic mass is 19.4. The SMILES string of the molecule is Cc1cc(Nc2nccc(C(F)(F)F)n2)cc(-c2cnn(CCCN3CCNC3=O)c2)c1. The first-order valence-corrected chi connectivity index (χ1v) is 10.1. The maximum Gasteiger partial charge on any atom is 0.433 e. The predicted octanol–water partition coefficient (Wildman–Crippen LogP) is 3.83. The van der Waals surface area contributed by atoms with E-state index in [0.29, 0.717) is 25.3 Å². The van der Waals surface area contributed by atoms with Gasteiger partial charge in [0.15, 0.2) is 0 Å². The summed E-state index contributed by atoms with van der Waals surface area (Å²) in [4.78, 5) is 20.8. The van der Waals surface area contributed by atoms with Crippen molar-refractivity contribution in [1.29, 1.82) is 0 Å². The lowest BCUT2D eigenvalue weighted by molar-refractivity contribution is -0.141. The van der Waals surface area contributed by atoms with Gasteiger partial charge >= 0.3 is 12.2 Å². The molecule has 0 aliphatic carbocycles. The average molecular weight is 445 g/mol. The van der Waals surface area contributed by atoms with Crippen LogP contribution in [0.25, 0.3) is 11.1 Å². The molecule has 1 fully saturated rings. The summed E-state index contributed by atoms with van der Waals surface area (Å²) < 4.78 is 40.5. The number of carbonyl (C=O) groups excluding carboxylic acids is 1. The zero-order chi connectivity index (χ0) is 22.7. The van der Waals surface area contributed by atoms with Crippen LogP contribution in [-0.2, 0) is 12.7 Å². The minimum Gasteiger partial charge on any atom is -0.336 e. The highest BCUT2D eigenvalue weighted by Gasteiger charge is 2.32. The Balaban J connectivity index is 1.44. The third kappa shape index (κ3) is 5.16. The first-order chi connectivity index (χ1) is 15.3. The molecule has 0 atom stereocenters. The van der Waals surface area contributed by atoms with Crippen LogP contribution in [-0.4, -0.2) is 50.3 Å². The molecule has 1 aromatic carbocycles. The molecule has 4 rings (SSSR count). The molecule has 0 spiro atoms. The van der Waals surface area contributed by atoms with Gasteiger partial charge in [-0.1, -0.05) is 6.07 Å². The van der Waals surface area contributed by atoms with Gasteiger partial charge in [-0.2, -0.15) is 18.3 Å². The number of nitrogens with one attached hydrogen (secondary N) is 2. The van der Waals surface area contributed by atoms with E-state index in [1.54, 1.807) is 17.2 Å². The number of alkyl halides is 3. The van der Waals surface area contributed by atoms with Crippen LogP contribution in [0.5, 0.6) is 0 Å². The van der Waals surface area contributed by atoms with Gasteiger partial charge in [-0.15, -0.1) is 0 Å². The van der Waals surface area contributed by atoms with E-state index in [9.17, 15) is 18.0 Å². The number of benzene rings is 1. The first-order valence-electron chi connectivity index (χ1n) is 10.1. The van der Waals surface area contributed by atoms with E-state index < -0.39 is 11.9 Å². The summed E-state index contributed by atoms with van der Waals surface area (Å²) in [5, 5.41) is 10.0. The lowest BCUT2D eigenvalue weighted by atomic mass is 10.1. The molecule has 0 radical (unpaired) electrons. The van der Waals surface area contributed by atoms with Gasteiger partial charge in [0.2, 0.25) is 5.95 Å². The van der Waals surface area contributed by atoms with Crippen LogP contribution in [0.4, 0.5) is 29.6 Å². The number of rotatable bonds is 7. The van der Waals surface area contributed by atoms with Crippen LogP contribution >= 0.6 is 0 Å². The number of urea groups is 1. The Morgan fingerprint density at radius 3 is 2.78 bits per heavy atom. The Hall–Kier alpha value is -3.63. The Kier molecular flexibility index (Phi) is 5.97. The number of amides is 2. The maximum atomic E-state index is 12.9. The summed E-state index contributed by atoms with van der Waals surface area (Å²) >= 11 is 0. The minimum atomic E-state index is -4.54. The summed E-state index contributed by atoms with van der Waals surface area (Å²) in [6, 6.07) is 6.38. The maximum absolute atomic E-state index is 12.9. The van der Waals surface area contributed by atoms with Gasteiger partial charge in [-0.3, -0.25) is 4.68 Å². The summed E-state index contributed by atoms with van der Waals surface area (Å²) in [6.07, 6.45) is 0.961. The number of carbonyl (C=O) groups is 1. The fourth-order valence-corrected chi connectivity index (χ4v) is 3.51. The molecule has 1 aliphatic rings. The van der Waals surface area contributed by atoms with Gasteiger partial charge < -0.3 is 15.5 Å². The normalized spacial score (nSPS) is 14.0. The van der Waals surface area contributed by atoms with Gasteiger partial charge in [-0.05, 0) is 42.7 Å². The number of hydrogen-bond donors (Lipinski definition) is 2. The standard InChI is InChI=1S/C21H22F3N7O/c1-14-9-15(11-17(10-14)28-19-25-4-3-18(29-19)21(22,23)24)16-12-27-31(13-16)7-2-6-30-8-5-26-20(30)32/h3-4,9-13H,2,5-8H2,1H3,(H,26,32)(H,25,28,29). The second kappa shape index (κ2) is 8.85. The lowest BCUT2D eigenvalue weighted by Gasteiger charge is -2.13. The van der Waals surface area contributed by atoms with E-state index >= 15 is 0 Å². The van der Waals surface area contributed by atoms with E-state index in [-0.39, 0.29) is 12.0 Å². The van der Waals surface area contributed by atoms with Gasteiger partial charge in [-0.25, -0.2) is 14.8 Å². The highest BCUT2D eigenvalue weighted by Crippen LogP contribution is 2.29.